The van der Waals surface area contributed by atoms with Gasteiger partial charge in [0.1, 0.15) is 12.6 Å². The van der Waals surface area contributed by atoms with E-state index in [1.165, 1.54) is 4.90 Å². The van der Waals surface area contributed by atoms with E-state index >= 15 is 0 Å². The predicted octanol–water partition coefficient (Wildman–Crippen LogP) is 5.01. The molecule has 0 aliphatic carbocycles. The van der Waals surface area contributed by atoms with Crippen LogP contribution in [0.3, 0.4) is 0 Å². The van der Waals surface area contributed by atoms with Crippen molar-refractivity contribution in [3.05, 3.63) is 101 Å². The molecule has 0 radical (unpaired) electrons. The molecule has 0 aliphatic heterocycles. The smallest absolute Gasteiger partial charge is 0.244 e. The zero-order valence-electron chi connectivity index (χ0n) is 22.8. The topological polar surface area (TPSA) is 86.8 Å². The van der Waals surface area contributed by atoms with Crippen LogP contribution in [0.4, 0.5) is 5.69 Å². The van der Waals surface area contributed by atoms with Crippen LogP contribution in [0.15, 0.2) is 78.9 Å². The maximum absolute atomic E-state index is 14.0. The van der Waals surface area contributed by atoms with Crippen LogP contribution in [-0.4, -0.2) is 50.5 Å². The number of carbonyl (C=O) groups is 2. The molecule has 208 valence electrons. The average Bonchev–Trinajstić information content (AvgIpc) is 2.89. The molecule has 0 saturated carbocycles. The van der Waals surface area contributed by atoms with Crippen LogP contribution in [0.1, 0.15) is 43.4 Å². The van der Waals surface area contributed by atoms with Gasteiger partial charge in [-0.2, -0.15) is 0 Å². The number of likely N-dealkylation sites (N-methyl/N-ethyl adjacent to an activating group) is 1. The summed E-state index contributed by atoms with van der Waals surface area (Å²) in [7, 11) is -3.81. The molecule has 0 spiro atoms. The standard InChI is InChI=1S/C30H36ClN3O4S/c1-5-32-30(36)28(19-23-10-7-6-8-11-23)33(20-24-12-9-13-26(31)18-24)29(35)21-34(39(4,37)38)27-16-14-25(15-17-27)22(2)3/h6-18,22,28H,5,19-21H2,1-4H3,(H,32,36)/t28-/m0/s1. The zero-order chi connectivity index (χ0) is 28.6. The maximum atomic E-state index is 14.0. The second-order valence-electron chi connectivity index (χ2n) is 9.77. The van der Waals surface area contributed by atoms with Crippen molar-refractivity contribution in [1.29, 1.82) is 0 Å². The number of benzene rings is 3. The highest BCUT2D eigenvalue weighted by atomic mass is 35.5. The summed E-state index contributed by atoms with van der Waals surface area (Å²) in [5, 5.41) is 3.34. The van der Waals surface area contributed by atoms with E-state index in [0.717, 1.165) is 27.3 Å². The summed E-state index contributed by atoms with van der Waals surface area (Å²) in [4.78, 5) is 28.8. The van der Waals surface area contributed by atoms with Crippen molar-refractivity contribution in [2.45, 2.75) is 45.7 Å². The molecule has 0 bridgehead atoms. The van der Waals surface area contributed by atoms with Gasteiger partial charge in [0.25, 0.3) is 0 Å². The Hall–Kier alpha value is -3.36. The summed E-state index contributed by atoms with van der Waals surface area (Å²) in [6.45, 7) is 5.93. The molecule has 2 amide bonds. The molecule has 0 saturated heterocycles. The first-order chi connectivity index (χ1) is 18.5. The first kappa shape index (κ1) is 30.2. The fourth-order valence-electron chi connectivity index (χ4n) is 4.32. The van der Waals surface area contributed by atoms with Crippen LogP contribution in [-0.2, 0) is 32.6 Å². The molecule has 39 heavy (non-hydrogen) atoms. The Kier molecular flexibility index (Phi) is 10.5. The van der Waals surface area contributed by atoms with Gasteiger partial charge < -0.3 is 10.2 Å². The van der Waals surface area contributed by atoms with E-state index in [4.69, 9.17) is 11.6 Å². The fraction of sp³-hybridized carbons (Fsp3) is 0.333. The van der Waals surface area contributed by atoms with Crippen LogP contribution in [0, 0.1) is 0 Å². The van der Waals surface area contributed by atoms with Crippen molar-refractivity contribution < 1.29 is 18.0 Å². The van der Waals surface area contributed by atoms with Crippen LogP contribution < -0.4 is 9.62 Å². The Labute approximate surface area is 236 Å². The van der Waals surface area contributed by atoms with E-state index in [0.29, 0.717) is 17.3 Å². The lowest BCUT2D eigenvalue weighted by molar-refractivity contribution is -0.140. The molecule has 9 heteroatoms. The molecule has 3 rings (SSSR count). The highest BCUT2D eigenvalue weighted by Gasteiger charge is 2.32. The molecule has 0 aliphatic rings. The molecular weight excluding hydrogens is 534 g/mol. The first-order valence-corrected chi connectivity index (χ1v) is 15.2. The van der Waals surface area contributed by atoms with Gasteiger partial charge in [0.05, 0.1) is 11.9 Å². The summed E-state index contributed by atoms with van der Waals surface area (Å²) in [5.41, 5.74) is 3.04. The van der Waals surface area contributed by atoms with Crippen LogP contribution in [0.25, 0.3) is 0 Å². The zero-order valence-corrected chi connectivity index (χ0v) is 24.4. The highest BCUT2D eigenvalue weighted by Crippen LogP contribution is 2.23. The minimum atomic E-state index is -3.81. The summed E-state index contributed by atoms with van der Waals surface area (Å²) < 4.78 is 26.8. The molecule has 1 N–H and O–H groups in total. The summed E-state index contributed by atoms with van der Waals surface area (Å²) >= 11 is 6.22. The average molecular weight is 570 g/mol. The molecule has 0 heterocycles. The van der Waals surface area contributed by atoms with Crippen molar-refractivity contribution in [1.82, 2.24) is 10.2 Å². The molecule has 0 fully saturated rings. The normalized spacial score (nSPS) is 12.2. The van der Waals surface area contributed by atoms with E-state index in [1.807, 2.05) is 55.5 Å². The first-order valence-electron chi connectivity index (χ1n) is 12.9. The quantitative estimate of drug-likeness (QED) is 0.332. The molecule has 7 nitrogen and oxygen atoms in total. The number of rotatable bonds is 12. The minimum Gasteiger partial charge on any atom is -0.355 e. The van der Waals surface area contributed by atoms with E-state index in [9.17, 15) is 18.0 Å². The lowest BCUT2D eigenvalue weighted by Crippen LogP contribution is -2.53. The van der Waals surface area contributed by atoms with Gasteiger partial charge in [0.15, 0.2) is 0 Å². The van der Waals surface area contributed by atoms with Crippen molar-refractivity contribution in [3.8, 4) is 0 Å². The second kappa shape index (κ2) is 13.6. The van der Waals surface area contributed by atoms with Gasteiger partial charge in [-0.1, -0.05) is 80.0 Å². The molecular formula is C30H36ClN3O4S. The fourth-order valence-corrected chi connectivity index (χ4v) is 5.38. The van der Waals surface area contributed by atoms with E-state index in [2.05, 4.69) is 19.2 Å². The van der Waals surface area contributed by atoms with Crippen LogP contribution in [0.5, 0.6) is 0 Å². The van der Waals surface area contributed by atoms with Crippen LogP contribution in [0.2, 0.25) is 5.02 Å². The van der Waals surface area contributed by atoms with Crippen molar-refractivity contribution in [3.63, 3.8) is 0 Å². The SMILES string of the molecule is CCNC(=O)[C@H](Cc1ccccc1)N(Cc1cccc(Cl)c1)C(=O)CN(c1ccc(C(C)C)cc1)S(C)(=O)=O. The molecule has 0 aromatic heterocycles. The Balaban J connectivity index is 2.03. The maximum Gasteiger partial charge on any atom is 0.244 e. The largest absolute Gasteiger partial charge is 0.355 e. The lowest BCUT2D eigenvalue weighted by atomic mass is 10.0. The molecule has 3 aromatic rings. The van der Waals surface area contributed by atoms with E-state index in [1.54, 1.807) is 30.3 Å². The van der Waals surface area contributed by atoms with Gasteiger partial charge in [-0.15, -0.1) is 0 Å². The number of hydrogen-bond acceptors (Lipinski definition) is 4. The van der Waals surface area contributed by atoms with Crippen LogP contribution >= 0.6 is 11.6 Å². The third-order valence-corrected chi connectivity index (χ3v) is 7.77. The number of amides is 2. The third-order valence-electron chi connectivity index (χ3n) is 6.39. The number of nitrogens with zero attached hydrogens (tertiary/aromatic N) is 2. The summed E-state index contributed by atoms with van der Waals surface area (Å²) in [6.07, 6.45) is 1.34. The number of nitrogens with one attached hydrogen (secondary N) is 1. The highest BCUT2D eigenvalue weighted by molar-refractivity contribution is 7.92. The van der Waals surface area contributed by atoms with E-state index in [-0.39, 0.29) is 24.8 Å². The van der Waals surface area contributed by atoms with Gasteiger partial charge >= 0.3 is 0 Å². The Bertz CT molecular complexity index is 1360. The number of hydrogen-bond donors (Lipinski definition) is 1. The van der Waals surface area contributed by atoms with Gasteiger partial charge in [0, 0.05) is 24.5 Å². The Morgan fingerprint density at radius 2 is 1.56 bits per heavy atom. The number of halogens is 1. The van der Waals surface area contributed by atoms with Crippen molar-refractivity contribution in [2.75, 3.05) is 23.7 Å². The number of sulfonamides is 1. The van der Waals surface area contributed by atoms with E-state index < -0.39 is 28.5 Å². The van der Waals surface area contributed by atoms with Gasteiger partial charge in [-0.3, -0.25) is 13.9 Å². The van der Waals surface area contributed by atoms with Crippen molar-refractivity contribution in [2.24, 2.45) is 0 Å². The number of carbonyl (C=O) groups excluding carboxylic acids is 2. The Morgan fingerprint density at radius 1 is 0.923 bits per heavy atom. The van der Waals surface area contributed by atoms with Gasteiger partial charge in [-0.25, -0.2) is 8.42 Å². The minimum absolute atomic E-state index is 0.0813. The summed E-state index contributed by atoms with van der Waals surface area (Å²) in [5.74, 6) is -0.541. The number of anilines is 1. The predicted molar refractivity (Wildman–Crippen MR) is 157 cm³/mol. The third kappa shape index (κ3) is 8.57. The molecule has 3 aromatic carbocycles. The van der Waals surface area contributed by atoms with Gasteiger partial charge in [0.2, 0.25) is 21.8 Å². The summed E-state index contributed by atoms with van der Waals surface area (Å²) in [6, 6.07) is 22.7. The Morgan fingerprint density at radius 3 is 2.13 bits per heavy atom. The molecule has 1 atom stereocenters. The van der Waals surface area contributed by atoms with Gasteiger partial charge in [-0.05, 0) is 53.8 Å². The second-order valence-corrected chi connectivity index (χ2v) is 12.1. The lowest BCUT2D eigenvalue weighted by Gasteiger charge is -2.33. The molecule has 0 unspecified atom stereocenters. The van der Waals surface area contributed by atoms with Crippen molar-refractivity contribution >= 4 is 39.1 Å². The monoisotopic (exact) mass is 569 g/mol.